The average molecular weight is 432 g/mol. The van der Waals surface area contributed by atoms with Gasteiger partial charge in [-0.1, -0.05) is 33.2 Å². The summed E-state index contributed by atoms with van der Waals surface area (Å²) in [5.41, 5.74) is 5.76. The van der Waals surface area contributed by atoms with Crippen LogP contribution in [-0.2, 0) is 9.59 Å². The SMILES string of the molecule is CNCCCCC(C(=O)NCCCCC(N)C(=O)P(P)P)[PH](=N)P. The van der Waals surface area contributed by atoms with Crippen LogP contribution in [0.3, 0.4) is 0 Å². The molecule has 0 bridgehead atoms. The molecule has 6 nitrogen and oxygen atoms in total. The summed E-state index contributed by atoms with van der Waals surface area (Å²) in [6.45, 7) is 1.53. The van der Waals surface area contributed by atoms with E-state index in [1.807, 2.05) is 7.05 Å². The zero-order valence-corrected chi connectivity index (χ0v) is 19.7. The molecule has 0 aromatic heterocycles. The molecule has 0 saturated heterocycles. The van der Waals surface area contributed by atoms with Crippen molar-refractivity contribution in [2.45, 2.75) is 50.2 Å². The van der Waals surface area contributed by atoms with Crippen LogP contribution in [0.4, 0.5) is 0 Å². The lowest BCUT2D eigenvalue weighted by atomic mass is 10.1. The summed E-state index contributed by atoms with van der Waals surface area (Å²) in [5.74, 6) is -0.00263. The number of carbonyl (C=O) groups excluding carboxylic acids is 2. The zero-order valence-electron chi connectivity index (χ0n) is 14.4. The monoisotopic (exact) mass is 432 g/mol. The van der Waals surface area contributed by atoms with E-state index in [0.29, 0.717) is 13.0 Å². The Balaban J connectivity index is 3.99. The van der Waals surface area contributed by atoms with Crippen LogP contribution in [-0.4, -0.2) is 43.3 Å². The van der Waals surface area contributed by atoms with Gasteiger partial charge in [-0.2, -0.15) is 0 Å². The smallest absolute Gasteiger partial charge is 0.228 e. The van der Waals surface area contributed by atoms with Crippen LogP contribution in [0.15, 0.2) is 0 Å². The first kappa shape index (κ1) is 25.0. The van der Waals surface area contributed by atoms with E-state index in [1.54, 1.807) is 0 Å². The van der Waals surface area contributed by atoms with E-state index in [2.05, 4.69) is 37.4 Å². The molecule has 6 atom stereocenters. The first-order valence-corrected chi connectivity index (χ1v) is 16.1. The largest absolute Gasteiger partial charge is 0.356 e. The Morgan fingerprint density at radius 3 is 2.29 bits per heavy atom. The molecule has 1 amide bonds. The van der Waals surface area contributed by atoms with Gasteiger partial charge < -0.3 is 21.5 Å². The van der Waals surface area contributed by atoms with E-state index in [1.165, 1.54) is 0 Å². The molecule has 5 N–H and O–H groups in total. The first-order chi connectivity index (χ1) is 11.3. The number of amides is 1. The zero-order chi connectivity index (χ0) is 18.5. The van der Waals surface area contributed by atoms with Gasteiger partial charge in [0.1, 0.15) is 0 Å². The number of rotatable bonds is 14. The minimum Gasteiger partial charge on any atom is -0.356 e. The highest BCUT2D eigenvalue weighted by atomic mass is 32.4. The Morgan fingerprint density at radius 2 is 1.75 bits per heavy atom. The van der Waals surface area contributed by atoms with Gasteiger partial charge in [0.05, 0.1) is 11.7 Å². The normalized spacial score (nSPS) is 15.1. The number of hydrogen-bond donors (Lipinski definition) is 4. The predicted octanol–water partition coefficient (Wildman–Crippen LogP) is 2.71. The molecular formula is C13H33N4O2P5. The third-order valence-corrected chi connectivity index (χ3v) is 8.55. The highest BCUT2D eigenvalue weighted by Crippen LogP contribution is 2.54. The van der Waals surface area contributed by atoms with Crippen LogP contribution in [0.5, 0.6) is 0 Å². The molecule has 6 unspecified atom stereocenters. The van der Waals surface area contributed by atoms with Crippen molar-refractivity contribution in [3.63, 3.8) is 0 Å². The van der Waals surface area contributed by atoms with Gasteiger partial charge in [-0.15, -0.1) is 0 Å². The number of nitrogens with one attached hydrogen (secondary N) is 3. The fourth-order valence-corrected chi connectivity index (χ4v) is 5.73. The van der Waals surface area contributed by atoms with E-state index in [4.69, 9.17) is 10.9 Å². The fraction of sp³-hybridized carbons (Fsp3) is 0.846. The number of hydrogen-bond acceptors (Lipinski definition) is 5. The maximum absolute atomic E-state index is 12.2. The van der Waals surface area contributed by atoms with Gasteiger partial charge in [0.15, 0.2) is 5.52 Å². The maximum atomic E-state index is 12.2. The van der Waals surface area contributed by atoms with Gasteiger partial charge in [-0.25, -0.2) is 0 Å². The summed E-state index contributed by atoms with van der Waals surface area (Å²) in [4.78, 5) is 23.9. The third-order valence-electron chi connectivity index (χ3n) is 3.67. The van der Waals surface area contributed by atoms with E-state index in [-0.39, 0.29) is 17.1 Å². The van der Waals surface area contributed by atoms with Gasteiger partial charge in [0.2, 0.25) is 5.91 Å². The van der Waals surface area contributed by atoms with Crippen LogP contribution in [0.1, 0.15) is 38.5 Å². The van der Waals surface area contributed by atoms with E-state index in [0.717, 1.165) is 38.6 Å². The second-order valence-electron chi connectivity index (χ2n) is 5.75. The lowest BCUT2D eigenvalue weighted by Crippen LogP contribution is -2.33. The third kappa shape index (κ3) is 11.6. The predicted molar refractivity (Wildman–Crippen MR) is 118 cm³/mol. The fourth-order valence-electron chi connectivity index (χ4n) is 2.22. The molecule has 24 heavy (non-hydrogen) atoms. The molecule has 0 heterocycles. The number of carbonyl (C=O) groups is 2. The van der Waals surface area contributed by atoms with Gasteiger partial charge in [-0.3, -0.25) is 9.59 Å². The highest BCUT2D eigenvalue weighted by Gasteiger charge is 2.19. The second-order valence-corrected chi connectivity index (χ2v) is 15.6. The Kier molecular flexibility index (Phi) is 15.7. The highest BCUT2D eigenvalue weighted by molar-refractivity contribution is 8.50. The molecule has 0 saturated carbocycles. The molecule has 142 valence electrons. The minimum absolute atomic E-state index is 0.00263. The summed E-state index contributed by atoms with van der Waals surface area (Å²) in [6, 6.07) is -0.406. The summed E-state index contributed by atoms with van der Waals surface area (Å²) < 4.78 is 0. The summed E-state index contributed by atoms with van der Waals surface area (Å²) >= 11 is 0. The molecule has 0 fully saturated rings. The molecule has 0 radical (unpaired) electrons. The van der Waals surface area contributed by atoms with Gasteiger partial charge in [0.25, 0.3) is 0 Å². The second kappa shape index (κ2) is 15.1. The van der Waals surface area contributed by atoms with Crippen LogP contribution < -0.4 is 16.4 Å². The summed E-state index contributed by atoms with van der Waals surface area (Å²) in [6.07, 6.45) is 5.05. The standard InChI is InChI=1S/C13H33N4O2P5/c1-16-8-4-3-7-11(23(15)20)12(18)17-9-5-2-6-10(14)13(19)24(21)22/h10-11,15-16,23H,2-9,14,20-22H2,1H3,(H,17,18). The molecule has 0 aliphatic carbocycles. The van der Waals surface area contributed by atoms with Crippen LogP contribution in [0, 0.1) is 5.16 Å². The Bertz CT molecular complexity index is 412. The van der Waals surface area contributed by atoms with E-state index >= 15 is 0 Å². The van der Waals surface area contributed by atoms with Crippen LogP contribution in [0.25, 0.3) is 0 Å². The maximum Gasteiger partial charge on any atom is 0.228 e. The molecule has 0 aliphatic rings. The van der Waals surface area contributed by atoms with Crippen molar-refractivity contribution in [3.8, 4) is 0 Å². The van der Waals surface area contributed by atoms with Gasteiger partial charge >= 0.3 is 0 Å². The van der Waals surface area contributed by atoms with E-state index < -0.39 is 20.7 Å². The van der Waals surface area contributed by atoms with Crippen molar-refractivity contribution < 1.29 is 9.59 Å². The Labute approximate surface area is 154 Å². The first-order valence-electron chi connectivity index (χ1n) is 8.16. The van der Waals surface area contributed by atoms with Crippen molar-refractivity contribution in [1.82, 2.24) is 10.6 Å². The minimum atomic E-state index is -1.47. The molecule has 0 aromatic carbocycles. The lowest BCUT2D eigenvalue weighted by Gasteiger charge is -2.17. The molecule has 11 heteroatoms. The lowest BCUT2D eigenvalue weighted by molar-refractivity contribution is -0.120. The van der Waals surface area contributed by atoms with E-state index in [9.17, 15) is 9.59 Å². The van der Waals surface area contributed by atoms with Gasteiger partial charge in [0, 0.05) is 13.8 Å². The van der Waals surface area contributed by atoms with Crippen molar-refractivity contribution in [3.05, 3.63) is 0 Å². The number of unbranched alkanes of at least 4 members (excludes halogenated alkanes) is 2. The van der Waals surface area contributed by atoms with Crippen LogP contribution >= 0.6 is 41.5 Å². The molecule has 0 rings (SSSR count). The van der Waals surface area contributed by atoms with Crippen molar-refractivity contribution in [2.24, 2.45) is 5.73 Å². The Hall–Kier alpha value is 1.01. The van der Waals surface area contributed by atoms with Crippen molar-refractivity contribution in [2.75, 3.05) is 20.1 Å². The average Bonchev–Trinajstić information content (AvgIpc) is 2.52. The summed E-state index contributed by atoms with van der Waals surface area (Å²) in [7, 11) is 7.18. The van der Waals surface area contributed by atoms with Crippen LogP contribution in [0.2, 0.25) is 0 Å². The molecular weight excluding hydrogens is 399 g/mol. The molecule has 0 spiro atoms. The van der Waals surface area contributed by atoms with Crippen molar-refractivity contribution in [1.29, 1.82) is 5.16 Å². The quantitative estimate of drug-likeness (QED) is 0.250. The van der Waals surface area contributed by atoms with Crippen molar-refractivity contribution >= 4 is 52.9 Å². The molecule has 0 aromatic rings. The summed E-state index contributed by atoms with van der Waals surface area (Å²) in [5, 5.41) is 14.0. The topological polar surface area (TPSA) is 108 Å². The van der Waals surface area contributed by atoms with Gasteiger partial charge in [-0.05, 0) is 53.1 Å². The Morgan fingerprint density at radius 1 is 1.17 bits per heavy atom. The molecule has 0 aliphatic heterocycles. The number of nitrogens with two attached hydrogens (primary N) is 1.